The number of esters is 1. The van der Waals surface area contributed by atoms with Crippen molar-refractivity contribution in [2.45, 2.75) is 20.8 Å². The van der Waals surface area contributed by atoms with E-state index < -0.39 is 28.6 Å². The van der Waals surface area contributed by atoms with E-state index in [1.165, 1.54) is 26.2 Å². The number of carbonyl (C=O) groups excluding carboxylic acids is 1. The molecule has 0 saturated heterocycles. The average Bonchev–Trinajstić information content (AvgIpc) is 2.74. The highest BCUT2D eigenvalue weighted by Crippen LogP contribution is 2.22. The molecule has 0 aliphatic rings. The number of aryl methyl sites for hydroxylation is 1. The van der Waals surface area contributed by atoms with Crippen molar-refractivity contribution < 1.29 is 13.9 Å². The summed E-state index contributed by atoms with van der Waals surface area (Å²) in [6.45, 7) is 5.73. The summed E-state index contributed by atoms with van der Waals surface area (Å²) in [6.07, 6.45) is 0. The molecule has 7 nitrogen and oxygen atoms in total. The predicted molar refractivity (Wildman–Crippen MR) is 114 cm³/mol. The largest absolute Gasteiger partial charge is 0.423 e. The summed E-state index contributed by atoms with van der Waals surface area (Å²) in [4.78, 5) is 37.7. The molecule has 3 aromatic rings. The van der Waals surface area contributed by atoms with Crippen LogP contribution in [-0.4, -0.2) is 15.1 Å². The fourth-order valence-corrected chi connectivity index (χ4v) is 2.67. The zero-order chi connectivity index (χ0) is 22.4. The smallest absolute Gasteiger partial charge is 0.352 e. The van der Waals surface area contributed by atoms with Gasteiger partial charge in [-0.3, -0.25) is 13.9 Å². The lowest BCUT2D eigenvalue weighted by atomic mass is 10.2. The highest BCUT2D eigenvalue weighted by molar-refractivity contribution is 5.96. The fraction of sp³-hybridized carbons (Fsp3) is 0.227. The first-order chi connectivity index (χ1) is 14.3. The maximum Gasteiger partial charge on any atom is 0.352 e. The Labute approximate surface area is 173 Å². The number of hydrogen-bond acceptors (Lipinski definition) is 5. The molecule has 0 bridgehead atoms. The van der Waals surface area contributed by atoms with Crippen LogP contribution >= 0.6 is 0 Å². The summed E-state index contributed by atoms with van der Waals surface area (Å²) in [7, 11) is 2.62. The van der Waals surface area contributed by atoms with E-state index in [0.29, 0.717) is 5.56 Å². The van der Waals surface area contributed by atoms with Crippen LogP contribution in [0.15, 0.2) is 58.1 Å². The summed E-state index contributed by atoms with van der Waals surface area (Å²) in [5.41, 5.74) is -1.21. The van der Waals surface area contributed by atoms with E-state index in [4.69, 9.17) is 4.74 Å². The summed E-state index contributed by atoms with van der Waals surface area (Å²) >= 11 is 0. The molecule has 0 spiro atoms. The van der Waals surface area contributed by atoms with Gasteiger partial charge < -0.3 is 10.1 Å². The zero-order valence-corrected chi connectivity index (χ0v) is 17.5. The summed E-state index contributed by atoms with van der Waals surface area (Å²) in [6, 6.07) is 12.6. The summed E-state index contributed by atoms with van der Waals surface area (Å²) in [5, 5.41) is 2.69. The Kier molecular flexibility index (Phi) is 7.30. The Bertz CT molecular complexity index is 1170. The standard InChI is InChI=1S/C20H18FN3O4.C2H6/c1-12-9-10-15(14(21)11-12)22-17-16(18(25)24(3)20(27)23(17)2)19(26)28-13-7-5-4-6-8-13;1-2/h4-11,22H,1-3H3;1-2H3. The topological polar surface area (TPSA) is 82.3 Å². The maximum atomic E-state index is 14.3. The number of para-hydroxylation sites is 1. The molecule has 2 aromatic carbocycles. The second kappa shape index (κ2) is 9.69. The lowest BCUT2D eigenvalue weighted by Crippen LogP contribution is -2.42. The molecule has 1 heterocycles. The Balaban J connectivity index is 0.00000155. The number of rotatable bonds is 4. The van der Waals surface area contributed by atoms with Crippen LogP contribution in [0.5, 0.6) is 5.75 Å². The fourth-order valence-electron chi connectivity index (χ4n) is 2.67. The Morgan fingerprint density at radius 2 is 1.63 bits per heavy atom. The van der Waals surface area contributed by atoms with Crippen LogP contribution in [0.1, 0.15) is 29.8 Å². The molecular formula is C22H24FN3O4. The number of aromatic nitrogens is 2. The van der Waals surface area contributed by atoms with Gasteiger partial charge in [-0.25, -0.2) is 14.0 Å². The lowest BCUT2D eigenvalue weighted by molar-refractivity contribution is 0.0732. The quantitative estimate of drug-likeness (QED) is 0.523. The van der Waals surface area contributed by atoms with Gasteiger partial charge in [-0.2, -0.15) is 0 Å². The lowest BCUT2D eigenvalue weighted by Gasteiger charge is -2.16. The molecular weight excluding hydrogens is 389 g/mol. The van der Waals surface area contributed by atoms with Crippen LogP contribution in [0.2, 0.25) is 0 Å². The molecule has 0 saturated carbocycles. The van der Waals surface area contributed by atoms with Crippen molar-refractivity contribution in [3.8, 4) is 5.75 Å². The van der Waals surface area contributed by atoms with Gasteiger partial charge in [-0.05, 0) is 36.8 Å². The van der Waals surface area contributed by atoms with Crippen LogP contribution in [0.25, 0.3) is 0 Å². The van der Waals surface area contributed by atoms with Crippen molar-refractivity contribution >= 4 is 17.5 Å². The predicted octanol–water partition coefficient (Wildman–Crippen LogP) is 3.52. The number of nitrogens with zero attached hydrogens (tertiary/aromatic N) is 2. The number of hydrogen-bond donors (Lipinski definition) is 1. The van der Waals surface area contributed by atoms with Crippen molar-refractivity contribution in [2.24, 2.45) is 14.1 Å². The third-order valence-corrected chi connectivity index (χ3v) is 4.20. The molecule has 0 radical (unpaired) electrons. The number of ether oxygens (including phenoxy) is 1. The van der Waals surface area contributed by atoms with Crippen LogP contribution in [0, 0.1) is 12.7 Å². The molecule has 0 unspecified atom stereocenters. The van der Waals surface area contributed by atoms with Gasteiger partial charge in [0.15, 0.2) is 5.56 Å². The summed E-state index contributed by atoms with van der Waals surface area (Å²) in [5.74, 6) is -1.47. The third-order valence-electron chi connectivity index (χ3n) is 4.20. The first kappa shape index (κ1) is 22.6. The molecule has 8 heteroatoms. The Morgan fingerprint density at radius 3 is 2.23 bits per heavy atom. The van der Waals surface area contributed by atoms with Crippen molar-refractivity contribution in [2.75, 3.05) is 5.32 Å². The Hall–Kier alpha value is -3.68. The highest BCUT2D eigenvalue weighted by atomic mass is 19.1. The van der Waals surface area contributed by atoms with Crippen LogP contribution in [0.4, 0.5) is 15.9 Å². The minimum Gasteiger partial charge on any atom is -0.423 e. The van der Waals surface area contributed by atoms with E-state index in [0.717, 1.165) is 9.13 Å². The highest BCUT2D eigenvalue weighted by Gasteiger charge is 2.24. The Morgan fingerprint density at radius 1 is 1.00 bits per heavy atom. The molecule has 3 rings (SSSR count). The molecule has 0 amide bonds. The molecule has 158 valence electrons. The monoisotopic (exact) mass is 413 g/mol. The number of carbonyl (C=O) groups is 1. The van der Waals surface area contributed by atoms with Gasteiger partial charge in [-0.1, -0.05) is 38.1 Å². The van der Waals surface area contributed by atoms with E-state index >= 15 is 0 Å². The van der Waals surface area contributed by atoms with E-state index in [2.05, 4.69) is 5.32 Å². The SMILES string of the molecule is CC.Cc1ccc(Nc2c(C(=O)Oc3ccccc3)c(=O)n(C)c(=O)n2C)c(F)c1. The molecule has 0 aliphatic heterocycles. The van der Waals surface area contributed by atoms with Gasteiger partial charge in [0.25, 0.3) is 5.56 Å². The minimum absolute atomic E-state index is 0.0163. The zero-order valence-electron chi connectivity index (χ0n) is 17.5. The van der Waals surface area contributed by atoms with E-state index in [1.807, 2.05) is 13.8 Å². The minimum atomic E-state index is -0.961. The van der Waals surface area contributed by atoms with E-state index in [1.54, 1.807) is 43.3 Å². The van der Waals surface area contributed by atoms with Crippen LogP contribution in [-0.2, 0) is 14.1 Å². The molecule has 1 aromatic heterocycles. The van der Waals surface area contributed by atoms with Crippen LogP contribution < -0.4 is 21.3 Å². The average molecular weight is 413 g/mol. The van der Waals surface area contributed by atoms with E-state index in [9.17, 15) is 18.8 Å². The van der Waals surface area contributed by atoms with E-state index in [-0.39, 0.29) is 17.3 Å². The van der Waals surface area contributed by atoms with Gasteiger partial charge in [0.05, 0.1) is 5.69 Å². The summed E-state index contributed by atoms with van der Waals surface area (Å²) < 4.78 is 21.4. The normalized spacial score (nSPS) is 10.1. The molecule has 0 aliphatic carbocycles. The van der Waals surface area contributed by atoms with Crippen LogP contribution in [0.3, 0.4) is 0 Å². The number of nitrogens with one attached hydrogen (secondary N) is 1. The maximum absolute atomic E-state index is 14.3. The van der Waals surface area contributed by atoms with Gasteiger partial charge in [0.1, 0.15) is 17.4 Å². The number of anilines is 2. The van der Waals surface area contributed by atoms with Crippen molar-refractivity contribution in [3.05, 3.63) is 86.3 Å². The van der Waals surface area contributed by atoms with Crippen molar-refractivity contribution in [1.29, 1.82) is 0 Å². The second-order valence-electron chi connectivity index (χ2n) is 6.24. The number of benzene rings is 2. The molecule has 0 atom stereocenters. The van der Waals surface area contributed by atoms with Crippen molar-refractivity contribution in [1.82, 2.24) is 9.13 Å². The second-order valence-corrected chi connectivity index (χ2v) is 6.24. The van der Waals surface area contributed by atoms with Gasteiger partial charge in [0, 0.05) is 14.1 Å². The van der Waals surface area contributed by atoms with Gasteiger partial charge in [0.2, 0.25) is 0 Å². The molecule has 30 heavy (non-hydrogen) atoms. The van der Waals surface area contributed by atoms with Gasteiger partial charge >= 0.3 is 11.7 Å². The first-order valence-corrected chi connectivity index (χ1v) is 9.40. The third kappa shape index (κ3) is 4.65. The van der Waals surface area contributed by atoms with Crippen molar-refractivity contribution in [3.63, 3.8) is 0 Å². The molecule has 0 fully saturated rings. The first-order valence-electron chi connectivity index (χ1n) is 9.40. The number of halogens is 1. The van der Waals surface area contributed by atoms with Gasteiger partial charge in [-0.15, -0.1) is 0 Å². The molecule has 1 N–H and O–H groups in total.